The maximum atomic E-state index is 10.7. The average Bonchev–Trinajstić information content (AvgIpc) is 2.29. The zero-order chi connectivity index (χ0) is 12.8. The van der Waals surface area contributed by atoms with E-state index in [1.807, 2.05) is 32.0 Å². The molecular formula is C13H18O4. The first-order chi connectivity index (χ1) is 8.08. The van der Waals surface area contributed by atoms with Gasteiger partial charge in [-0.15, -0.1) is 0 Å². The molecule has 0 aliphatic heterocycles. The van der Waals surface area contributed by atoms with Gasteiger partial charge in [0.2, 0.25) is 0 Å². The number of carbonyl (C=O) groups is 1. The van der Waals surface area contributed by atoms with Crippen molar-refractivity contribution in [2.24, 2.45) is 0 Å². The second-order valence-electron chi connectivity index (χ2n) is 3.84. The minimum absolute atomic E-state index is 0.0444. The van der Waals surface area contributed by atoms with E-state index in [0.717, 1.165) is 5.56 Å². The average molecular weight is 238 g/mol. The molecule has 0 spiro atoms. The van der Waals surface area contributed by atoms with Gasteiger partial charge in [0.05, 0.1) is 20.1 Å². The van der Waals surface area contributed by atoms with Gasteiger partial charge in [0.1, 0.15) is 0 Å². The molecule has 1 aromatic carbocycles. The molecule has 4 nitrogen and oxygen atoms in total. The number of ether oxygens (including phenoxy) is 2. The molecule has 1 unspecified atom stereocenters. The number of hydrogen-bond acceptors (Lipinski definition) is 3. The highest BCUT2D eigenvalue weighted by Crippen LogP contribution is 2.31. The Hall–Kier alpha value is -1.71. The second kappa shape index (κ2) is 6.13. The highest BCUT2D eigenvalue weighted by Gasteiger charge is 2.13. The Morgan fingerprint density at radius 3 is 2.65 bits per heavy atom. The van der Waals surface area contributed by atoms with E-state index in [9.17, 15) is 4.79 Å². The summed E-state index contributed by atoms with van der Waals surface area (Å²) in [5.74, 6) is 0.477. The van der Waals surface area contributed by atoms with Crippen LogP contribution >= 0.6 is 0 Å². The third kappa shape index (κ3) is 3.66. The van der Waals surface area contributed by atoms with Crippen molar-refractivity contribution in [2.45, 2.75) is 26.2 Å². The van der Waals surface area contributed by atoms with Crippen LogP contribution < -0.4 is 9.47 Å². The molecule has 1 N–H and O–H groups in total. The minimum Gasteiger partial charge on any atom is -0.493 e. The van der Waals surface area contributed by atoms with Crippen molar-refractivity contribution in [3.8, 4) is 11.5 Å². The fraction of sp³-hybridized carbons (Fsp3) is 0.462. The highest BCUT2D eigenvalue weighted by molar-refractivity contribution is 5.68. The van der Waals surface area contributed by atoms with Crippen molar-refractivity contribution in [1.82, 2.24) is 0 Å². The number of carboxylic acid groups (broad SMARTS) is 1. The molecule has 0 aromatic heterocycles. The predicted octanol–water partition coefficient (Wildman–Crippen LogP) is 2.67. The van der Waals surface area contributed by atoms with Gasteiger partial charge in [0.25, 0.3) is 0 Å². The van der Waals surface area contributed by atoms with Crippen LogP contribution in [0.25, 0.3) is 0 Å². The number of methoxy groups -OCH3 is 1. The normalized spacial score (nSPS) is 11.9. The molecule has 0 aliphatic rings. The second-order valence-corrected chi connectivity index (χ2v) is 3.84. The highest BCUT2D eigenvalue weighted by atomic mass is 16.5. The smallest absolute Gasteiger partial charge is 0.303 e. The fourth-order valence-electron chi connectivity index (χ4n) is 1.65. The summed E-state index contributed by atoms with van der Waals surface area (Å²) < 4.78 is 10.6. The largest absolute Gasteiger partial charge is 0.493 e. The first-order valence-electron chi connectivity index (χ1n) is 5.61. The molecule has 0 bridgehead atoms. The molecule has 4 heteroatoms. The molecule has 1 rings (SSSR count). The minimum atomic E-state index is -0.801. The van der Waals surface area contributed by atoms with E-state index in [0.29, 0.717) is 18.1 Å². The monoisotopic (exact) mass is 238 g/mol. The van der Waals surface area contributed by atoms with Crippen molar-refractivity contribution >= 4 is 5.97 Å². The lowest BCUT2D eigenvalue weighted by Crippen LogP contribution is -2.03. The van der Waals surface area contributed by atoms with E-state index in [1.165, 1.54) is 0 Å². The molecule has 17 heavy (non-hydrogen) atoms. The van der Waals surface area contributed by atoms with Crippen LogP contribution in [0.1, 0.15) is 31.7 Å². The summed E-state index contributed by atoms with van der Waals surface area (Å²) in [5.41, 5.74) is 0.938. The summed E-state index contributed by atoms with van der Waals surface area (Å²) in [6, 6.07) is 5.52. The standard InChI is InChI=1S/C13H18O4/c1-4-17-11-6-5-10(8-12(11)16-3)9(2)7-13(14)15/h5-6,8-9H,4,7H2,1-3H3,(H,14,15). The first kappa shape index (κ1) is 13.4. The van der Waals surface area contributed by atoms with Crippen molar-refractivity contribution in [1.29, 1.82) is 0 Å². The molecule has 1 atom stereocenters. The van der Waals surface area contributed by atoms with Crippen LogP contribution in [0.15, 0.2) is 18.2 Å². The Morgan fingerprint density at radius 2 is 2.12 bits per heavy atom. The molecule has 0 fully saturated rings. The Balaban J connectivity index is 2.92. The number of benzene rings is 1. The van der Waals surface area contributed by atoms with Crippen LogP contribution in [-0.4, -0.2) is 24.8 Å². The molecule has 0 heterocycles. The lowest BCUT2D eigenvalue weighted by Gasteiger charge is -2.14. The van der Waals surface area contributed by atoms with Gasteiger partial charge in [-0.2, -0.15) is 0 Å². The summed E-state index contributed by atoms with van der Waals surface area (Å²) in [7, 11) is 1.57. The maximum absolute atomic E-state index is 10.7. The maximum Gasteiger partial charge on any atom is 0.303 e. The van der Waals surface area contributed by atoms with E-state index in [-0.39, 0.29) is 12.3 Å². The van der Waals surface area contributed by atoms with Crippen LogP contribution in [0, 0.1) is 0 Å². The van der Waals surface area contributed by atoms with Crippen molar-refractivity contribution < 1.29 is 19.4 Å². The summed E-state index contributed by atoms with van der Waals surface area (Å²) in [4.78, 5) is 10.7. The van der Waals surface area contributed by atoms with Crippen molar-refractivity contribution in [3.63, 3.8) is 0 Å². The van der Waals surface area contributed by atoms with Crippen molar-refractivity contribution in [3.05, 3.63) is 23.8 Å². The zero-order valence-corrected chi connectivity index (χ0v) is 10.4. The van der Waals surface area contributed by atoms with E-state index in [4.69, 9.17) is 14.6 Å². The van der Waals surface area contributed by atoms with Crippen LogP contribution in [0.5, 0.6) is 11.5 Å². The fourth-order valence-corrected chi connectivity index (χ4v) is 1.65. The Bertz CT molecular complexity index is 387. The van der Waals surface area contributed by atoms with Crippen LogP contribution in [0.4, 0.5) is 0 Å². The van der Waals surface area contributed by atoms with Gasteiger partial charge in [-0.25, -0.2) is 0 Å². The topological polar surface area (TPSA) is 55.8 Å². The van der Waals surface area contributed by atoms with Gasteiger partial charge >= 0.3 is 5.97 Å². The van der Waals surface area contributed by atoms with Crippen molar-refractivity contribution in [2.75, 3.05) is 13.7 Å². The van der Waals surface area contributed by atoms with Gasteiger partial charge in [-0.05, 0) is 30.5 Å². The molecule has 0 aliphatic carbocycles. The van der Waals surface area contributed by atoms with Gasteiger partial charge in [0.15, 0.2) is 11.5 Å². The summed E-state index contributed by atoms with van der Waals surface area (Å²) in [6.07, 6.45) is 0.108. The Kier molecular flexibility index (Phi) is 4.82. The number of carboxylic acids is 1. The Labute approximate surface area is 101 Å². The lowest BCUT2D eigenvalue weighted by atomic mass is 9.97. The quantitative estimate of drug-likeness (QED) is 0.827. The first-order valence-corrected chi connectivity index (χ1v) is 5.61. The molecular weight excluding hydrogens is 220 g/mol. The molecule has 94 valence electrons. The van der Waals surface area contributed by atoms with E-state index >= 15 is 0 Å². The summed E-state index contributed by atoms with van der Waals surface area (Å²) in [6.45, 7) is 4.35. The Morgan fingerprint density at radius 1 is 1.41 bits per heavy atom. The molecule has 1 aromatic rings. The van der Waals surface area contributed by atoms with E-state index in [1.54, 1.807) is 7.11 Å². The molecule has 0 saturated heterocycles. The van der Waals surface area contributed by atoms with Gasteiger partial charge in [-0.1, -0.05) is 13.0 Å². The zero-order valence-electron chi connectivity index (χ0n) is 10.4. The molecule has 0 radical (unpaired) electrons. The van der Waals surface area contributed by atoms with Gasteiger partial charge in [0, 0.05) is 0 Å². The molecule has 0 amide bonds. The number of aliphatic carboxylic acids is 1. The van der Waals surface area contributed by atoms with Gasteiger partial charge in [-0.3, -0.25) is 4.79 Å². The lowest BCUT2D eigenvalue weighted by molar-refractivity contribution is -0.137. The SMILES string of the molecule is CCOc1ccc(C(C)CC(=O)O)cc1OC. The van der Waals surface area contributed by atoms with Crippen LogP contribution in [0.3, 0.4) is 0 Å². The van der Waals surface area contributed by atoms with E-state index < -0.39 is 5.97 Å². The summed E-state index contributed by atoms with van der Waals surface area (Å²) in [5, 5.41) is 8.75. The predicted molar refractivity (Wildman–Crippen MR) is 64.8 cm³/mol. The molecule has 0 saturated carbocycles. The summed E-state index contributed by atoms with van der Waals surface area (Å²) >= 11 is 0. The van der Waals surface area contributed by atoms with Gasteiger partial charge < -0.3 is 14.6 Å². The third-order valence-electron chi connectivity index (χ3n) is 2.54. The van der Waals surface area contributed by atoms with Crippen LogP contribution in [0.2, 0.25) is 0 Å². The third-order valence-corrected chi connectivity index (χ3v) is 2.54. The number of hydrogen-bond donors (Lipinski definition) is 1. The van der Waals surface area contributed by atoms with Crippen LogP contribution in [-0.2, 0) is 4.79 Å². The van der Waals surface area contributed by atoms with E-state index in [2.05, 4.69) is 0 Å². The number of rotatable bonds is 6.